The lowest BCUT2D eigenvalue weighted by molar-refractivity contribution is -0.138. The van der Waals surface area contributed by atoms with E-state index in [1.807, 2.05) is 4.90 Å². The second-order valence-electron chi connectivity index (χ2n) is 5.02. The van der Waals surface area contributed by atoms with Crippen LogP contribution in [0, 0.1) is 17.6 Å². The first-order chi connectivity index (χ1) is 9.06. The zero-order valence-electron chi connectivity index (χ0n) is 10.6. The number of hydrogen-bond acceptors (Lipinski definition) is 2. The zero-order chi connectivity index (χ0) is 13.8. The highest BCUT2D eigenvalue weighted by Gasteiger charge is 2.22. The van der Waals surface area contributed by atoms with E-state index in [9.17, 15) is 13.6 Å². The minimum absolute atomic E-state index is 0.0424. The largest absolute Gasteiger partial charge is 0.480 e. The topological polar surface area (TPSA) is 40.5 Å². The summed E-state index contributed by atoms with van der Waals surface area (Å²) in [4.78, 5) is 12.4. The number of carboxylic acids is 1. The molecule has 1 N–H and O–H groups in total. The molecule has 0 saturated carbocycles. The Morgan fingerprint density at radius 2 is 1.84 bits per heavy atom. The molecule has 3 nitrogen and oxygen atoms in total. The number of benzene rings is 1. The smallest absolute Gasteiger partial charge is 0.317 e. The molecule has 19 heavy (non-hydrogen) atoms. The highest BCUT2D eigenvalue weighted by Crippen LogP contribution is 2.24. The van der Waals surface area contributed by atoms with Crippen molar-refractivity contribution in [2.24, 2.45) is 5.92 Å². The Balaban J connectivity index is 1.91. The Hall–Kier alpha value is -1.49. The summed E-state index contributed by atoms with van der Waals surface area (Å²) < 4.78 is 27.1. The van der Waals surface area contributed by atoms with Crippen LogP contribution in [0.3, 0.4) is 0 Å². The summed E-state index contributed by atoms with van der Waals surface area (Å²) in [6.07, 6.45) is 1.95. The molecule has 1 aromatic rings. The summed E-state index contributed by atoms with van der Waals surface area (Å²) in [6.45, 7) is 1.39. The van der Waals surface area contributed by atoms with Gasteiger partial charge in [-0.15, -0.1) is 0 Å². The Labute approximate surface area is 110 Å². The van der Waals surface area contributed by atoms with Gasteiger partial charge in [-0.1, -0.05) is 6.07 Å². The van der Waals surface area contributed by atoms with Crippen LogP contribution >= 0.6 is 0 Å². The van der Waals surface area contributed by atoms with E-state index in [0.29, 0.717) is 19.5 Å². The van der Waals surface area contributed by atoms with Gasteiger partial charge in [-0.25, -0.2) is 8.78 Å². The van der Waals surface area contributed by atoms with E-state index in [4.69, 9.17) is 5.11 Å². The number of piperidine rings is 1. The van der Waals surface area contributed by atoms with Crippen molar-refractivity contribution in [2.45, 2.75) is 19.3 Å². The third kappa shape index (κ3) is 3.73. The van der Waals surface area contributed by atoms with Gasteiger partial charge in [0.15, 0.2) is 0 Å². The maximum absolute atomic E-state index is 13.5. The van der Waals surface area contributed by atoms with Crippen molar-refractivity contribution in [1.29, 1.82) is 0 Å². The van der Waals surface area contributed by atoms with Crippen molar-refractivity contribution in [3.05, 3.63) is 35.4 Å². The molecule has 0 aliphatic carbocycles. The number of hydrogen-bond donors (Lipinski definition) is 1. The van der Waals surface area contributed by atoms with Gasteiger partial charge in [-0.3, -0.25) is 9.69 Å². The van der Waals surface area contributed by atoms with E-state index in [0.717, 1.165) is 12.8 Å². The van der Waals surface area contributed by atoms with Crippen LogP contribution in [0.15, 0.2) is 18.2 Å². The second-order valence-corrected chi connectivity index (χ2v) is 5.02. The maximum Gasteiger partial charge on any atom is 0.317 e. The lowest BCUT2D eigenvalue weighted by Gasteiger charge is -2.30. The SMILES string of the molecule is O=C(O)CN1CCC(Cc2c(F)cccc2F)CC1. The quantitative estimate of drug-likeness (QED) is 0.911. The molecule has 2 rings (SSSR count). The monoisotopic (exact) mass is 269 g/mol. The van der Waals surface area contributed by atoms with Gasteiger partial charge in [0.2, 0.25) is 0 Å². The van der Waals surface area contributed by atoms with E-state index in [1.165, 1.54) is 18.2 Å². The summed E-state index contributed by atoms with van der Waals surface area (Å²) in [5.41, 5.74) is 0.152. The first-order valence-corrected chi connectivity index (χ1v) is 6.43. The van der Waals surface area contributed by atoms with Gasteiger partial charge in [-0.2, -0.15) is 0 Å². The van der Waals surface area contributed by atoms with Crippen molar-refractivity contribution in [1.82, 2.24) is 4.90 Å². The number of likely N-dealkylation sites (tertiary alicyclic amines) is 1. The molecule has 0 bridgehead atoms. The minimum atomic E-state index is -0.835. The number of rotatable bonds is 4. The molecule has 1 aliphatic rings. The molecular weight excluding hydrogens is 252 g/mol. The van der Waals surface area contributed by atoms with Crippen LogP contribution in [-0.4, -0.2) is 35.6 Å². The Morgan fingerprint density at radius 1 is 1.26 bits per heavy atom. The molecule has 0 aromatic heterocycles. The van der Waals surface area contributed by atoms with Crippen LogP contribution in [0.4, 0.5) is 8.78 Å². The van der Waals surface area contributed by atoms with Gasteiger partial charge < -0.3 is 5.11 Å². The standard InChI is InChI=1S/C14H17F2NO2/c15-12-2-1-3-13(16)11(12)8-10-4-6-17(7-5-10)9-14(18)19/h1-3,10H,4-9H2,(H,18,19). The summed E-state index contributed by atoms with van der Waals surface area (Å²) in [5.74, 6) is -1.60. The van der Waals surface area contributed by atoms with Crippen LogP contribution in [0.1, 0.15) is 18.4 Å². The number of nitrogens with zero attached hydrogens (tertiary/aromatic N) is 1. The van der Waals surface area contributed by atoms with Gasteiger partial charge in [0.05, 0.1) is 6.54 Å². The molecule has 1 aliphatic heterocycles. The highest BCUT2D eigenvalue weighted by molar-refractivity contribution is 5.69. The molecule has 0 radical (unpaired) electrons. The Morgan fingerprint density at radius 3 is 2.37 bits per heavy atom. The van der Waals surface area contributed by atoms with Crippen molar-refractivity contribution >= 4 is 5.97 Å². The molecule has 0 unspecified atom stereocenters. The normalized spacial score (nSPS) is 17.6. The minimum Gasteiger partial charge on any atom is -0.480 e. The maximum atomic E-state index is 13.5. The fraction of sp³-hybridized carbons (Fsp3) is 0.500. The van der Waals surface area contributed by atoms with Gasteiger partial charge in [-0.05, 0) is 50.4 Å². The Bertz CT molecular complexity index is 437. The number of carboxylic acid groups (broad SMARTS) is 1. The van der Waals surface area contributed by atoms with Crippen molar-refractivity contribution < 1.29 is 18.7 Å². The predicted molar refractivity (Wildman–Crippen MR) is 66.9 cm³/mol. The number of halogens is 2. The average Bonchev–Trinajstić information content (AvgIpc) is 2.35. The van der Waals surface area contributed by atoms with Gasteiger partial charge in [0.1, 0.15) is 11.6 Å². The van der Waals surface area contributed by atoms with Crippen LogP contribution < -0.4 is 0 Å². The lowest BCUT2D eigenvalue weighted by atomic mass is 9.90. The molecule has 1 aromatic carbocycles. The van der Waals surface area contributed by atoms with Gasteiger partial charge >= 0.3 is 5.97 Å². The summed E-state index contributed by atoms with van der Waals surface area (Å²) >= 11 is 0. The third-order valence-corrected chi connectivity index (χ3v) is 3.62. The molecule has 1 heterocycles. The molecule has 0 spiro atoms. The summed E-state index contributed by atoms with van der Waals surface area (Å²) in [6, 6.07) is 3.92. The highest BCUT2D eigenvalue weighted by atomic mass is 19.1. The second kappa shape index (κ2) is 6.10. The number of carbonyl (C=O) groups is 1. The molecule has 104 valence electrons. The number of aliphatic carboxylic acids is 1. The van der Waals surface area contributed by atoms with Gasteiger partial charge in [0, 0.05) is 5.56 Å². The van der Waals surface area contributed by atoms with E-state index >= 15 is 0 Å². The predicted octanol–water partition coefficient (Wildman–Crippen LogP) is 2.30. The van der Waals surface area contributed by atoms with E-state index in [2.05, 4.69) is 0 Å². The summed E-state index contributed by atoms with van der Waals surface area (Å²) in [7, 11) is 0. The molecule has 1 fully saturated rings. The molecule has 5 heteroatoms. The summed E-state index contributed by atoms with van der Waals surface area (Å²) in [5, 5.41) is 8.70. The first-order valence-electron chi connectivity index (χ1n) is 6.43. The zero-order valence-corrected chi connectivity index (χ0v) is 10.6. The average molecular weight is 269 g/mol. The fourth-order valence-corrected chi connectivity index (χ4v) is 2.56. The molecule has 0 amide bonds. The molecule has 1 saturated heterocycles. The van der Waals surface area contributed by atoms with Crippen molar-refractivity contribution in [3.8, 4) is 0 Å². The molecule has 0 atom stereocenters. The Kier molecular flexibility index (Phi) is 4.47. The van der Waals surface area contributed by atoms with E-state index in [1.54, 1.807) is 0 Å². The van der Waals surface area contributed by atoms with Crippen molar-refractivity contribution in [2.75, 3.05) is 19.6 Å². The van der Waals surface area contributed by atoms with Crippen LogP contribution in [0.25, 0.3) is 0 Å². The van der Waals surface area contributed by atoms with Crippen molar-refractivity contribution in [3.63, 3.8) is 0 Å². The van der Waals surface area contributed by atoms with Crippen LogP contribution in [0.5, 0.6) is 0 Å². The first kappa shape index (κ1) is 13.9. The van der Waals surface area contributed by atoms with Crippen LogP contribution in [-0.2, 0) is 11.2 Å². The lowest BCUT2D eigenvalue weighted by Crippen LogP contribution is -2.37. The van der Waals surface area contributed by atoms with E-state index in [-0.39, 0.29) is 18.0 Å². The fourth-order valence-electron chi connectivity index (χ4n) is 2.56. The van der Waals surface area contributed by atoms with E-state index < -0.39 is 17.6 Å². The third-order valence-electron chi connectivity index (χ3n) is 3.62. The van der Waals surface area contributed by atoms with Crippen LogP contribution in [0.2, 0.25) is 0 Å². The van der Waals surface area contributed by atoms with Gasteiger partial charge in [0.25, 0.3) is 0 Å². The molecular formula is C14H17F2NO2.